The minimum absolute atomic E-state index is 0.308. The third-order valence-corrected chi connectivity index (χ3v) is 3.94. The van der Waals surface area contributed by atoms with E-state index in [9.17, 15) is 5.11 Å². The summed E-state index contributed by atoms with van der Waals surface area (Å²) in [6, 6.07) is 0. The van der Waals surface area contributed by atoms with Crippen molar-refractivity contribution in [1.82, 2.24) is 9.97 Å². The van der Waals surface area contributed by atoms with Crippen molar-refractivity contribution < 1.29 is 5.11 Å². The molecular weight excluding hydrogens is 252 g/mol. The molecule has 0 aliphatic carbocycles. The van der Waals surface area contributed by atoms with Gasteiger partial charge in [-0.2, -0.15) is 0 Å². The van der Waals surface area contributed by atoms with Gasteiger partial charge in [-0.25, -0.2) is 9.97 Å². The van der Waals surface area contributed by atoms with Crippen LogP contribution in [0.25, 0.3) is 0 Å². The third kappa shape index (κ3) is 3.39. The number of hydrogen-bond donors (Lipinski definition) is 2. The molecule has 0 unspecified atom stereocenters. The Morgan fingerprint density at radius 1 is 1.30 bits per heavy atom. The summed E-state index contributed by atoms with van der Waals surface area (Å²) in [5, 5.41) is 12.6. The lowest BCUT2D eigenvalue weighted by atomic mass is 9.97. The van der Waals surface area contributed by atoms with Crippen LogP contribution in [0.15, 0.2) is 6.33 Å². The molecule has 2 heterocycles. The lowest BCUT2D eigenvalue weighted by Crippen LogP contribution is -2.36. The zero-order valence-corrected chi connectivity index (χ0v) is 12.6. The molecule has 0 atom stereocenters. The van der Waals surface area contributed by atoms with Gasteiger partial charge in [-0.1, -0.05) is 13.3 Å². The van der Waals surface area contributed by atoms with Gasteiger partial charge < -0.3 is 15.3 Å². The summed E-state index contributed by atoms with van der Waals surface area (Å²) in [6.45, 7) is 7.41. The van der Waals surface area contributed by atoms with Crippen molar-refractivity contribution in [1.29, 1.82) is 0 Å². The largest absolute Gasteiger partial charge is 0.396 e. The maximum Gasteiger partial charge on any atom is 0.137 e. The second kappa shape index (κ2) is 7.43. The van der Waals surface area contributed by atoms with E-state index in [4.69, 9.17) is 0 Å². The maximum absolute atomic E-state index is 9.25. The lowest BCUT2D eigenvalue weighted by molar-refractivity contribution is 0.202. The van der Waals surface area contributed by atoms with Crippen LogP contribution in [0, 0.1) is 5.92 Å². The number of hydrogen-bond acceptors (Lipinski definition) is 5. The first-order valence-electron chi connectivity index (χ1n) is 7.73. The predicted molar refractivity (Wildman–Crippen MR) is 82.2 cm³/mol. The fourth-order valence-corrected chi connectivity index (χ4v) is 2.80. The molecule has 1 aliphatic rings. The van der Waals surface area contributed by atoms with Crippen molar-refractivity contribution in [3.8, 4) is 0 Å². The molecule has 0 spiro atoms. The van der Waals surface area contributed by atoms with Crippen LogP contribution in [0.4, 0.5) is 11.6 Å². The highest BCUT2D eigenvalue weighted by Crippen LogP contribution is 2.28. The van der Waals surface area contributed by atoms with Crippen LogP contribution in [0.1, 0.15) is 38.7 Å². The van der Waals surface area contributed by atoms with Crippen LogP contribution in [0.3, 0.4) is 0 Å². The number of aliphatic hydroxyl groups excluding tert-OH is 1. The summed E-state index contributed by atoms with van der Waals surface area (Å²) < 4.78 is 0. The molecule has 5 heteroatoms. The molecule has 20 heavy (non-hydrogen) atoms. The van der Waals surface area contributed by atoms with Gasteiger partial charge in [0.25, 0.3) is 0 Å². The summed E-state index contributed by atoms with van der Waals surface area (Å²) in [6.07, 6.45) is 5.83. The van der Waals surface area contributed by atoms with E-state index in [2.05, 4.69) is 34.0 Å². The molecule has 0 saturated carbocycles. The summed E-state index contributed by atoms with van der Waals surface area (Å²) in [5.74, 6) is 2.51. The lowest BCUT2D eigenvalue weighted by Gasteiger charge is -2.33. The first-order chi connectivity index (χ1) is 9.80. The Morgan fingerprint density at radius 2 is 2.05 bits per heavy atom. The van der Waals surface area contributed by atoms with Crippen LogP contribution >= 0.6 is 0 Å². The Morgan fingerprint density at radius 3 is 2.65 bits per heavy atom. The van der Waals surface area contributed by atoms with Crippen molar-refractivity contribution in [2.75, 3.05) is 36.5 Å². The molecule has 1 aromatic rings. The molecule has 1 saturated heterocycles. The second-order valence-electron chi connectivity index (χ2n) is 5.42. The first-order valence-corrected chi connectivity index (χ1v) is 7.73. The quantitative estimate of drug-likeness (QED) is 0.834. The maximum atomic E-state index is 9.25. The van der Waals surface area contributed by atoms with Crippen molar-refractivity contribution >= 4 is 11.6 Å². The van der Waals surface area contributed by atoms with Gasteiger partial charge in [0.15, 0.2) is 0 Å². The number of aliphatic hydroxyl groups is 1. The molecule has 2 N–H and O–H groups in total. The zero-order valence-electron chi connectivity index (χ0n) is 12.6. The molecule has 0 aromatic carbocycles. The van der Waals surface area contributed by atoms with E-state index in [1.54, 1.807) is 6.33 Å². The van der Waals surface area contributed by atoms with Crippen LogP contribution in [-0.2, 0) is 6.42 Å². The second-order valence-corrected chi connectivity index (χ2v) is 5.42. The highest BCUT2D eigenvalue weighted by molar-refractivity contribution is 5.59. The predicted octanol–water partition coefficient (Wildman–Crippen LogP) is 2.07. The van der Waals surface area contributed by atoms with Gasteiger partial charge in [0.2, 0.25) is 0 Å². The fourth-order valence-electron chi connectivity index (χ4n) is 2.80. The minimum atomic E-state index is 0.308. The fraction of sp³-hybridized carbons (Fsp3) is 0.733. The average Bonchev–Trinajstić information content (AvgIpc) is 2.49. The zero-order chi connectivity index (χ0) is 14.4. The van der Waals surface area contributed by atoms with E-state index in [-0.39, 0.29) is 0 Å². The molecule has 112 valence electrons. The highest BCUT2D eigenvalue weighted by Gasteiger charge is 2.22. The van der Waals surface area contributed by atoms with E-state index < -0.39 is 0 Å². The highest BCUT2D eigenvalue weighted by atomic mass is 16.3. The van der Waals surface area contributed by atoms with Crippen molar-refractivity contribution in [3.05, 3.63) is 11.9 Å². The van der Waals surface area contributed by atoms with Gasteiger partial charge in [0.05, 0.1) is 0 Å². The van der Waals surface area contributed by atoms with Gasteiger partial charge in [0.1, 0.15) is 18.0 Å². The van der Waals surface area contributed by atoms with Crippen molar-refractivity contribution in [2.24, 2.45) is 5.92 Å². The van der Waals surface area contributed by atoms with Gasteiger partial charge in [-0.15, -0.1) is 0 Å². The van der Waals surface area contributed by atoms with Gasteiger partial charge in [-0.3, -0.25) is 0 Å². The monoisotopic (exact) mass is 278 g/mol. The molecule has 2 rings (SSSR count). The molecule has 0 amide bonds. The Labute approximate surface area is 121 Å². The molecule has 0 bridgehead atoms. The number of piperidine rings is 1. The van der Waals surface area contributed by atoms with Crippen molar-refractivity contribution in [2.45, 2.75) is 39.5 Å². The molecule has 1 aromatic heterocycles. The van der Waals surface area contributed by atoms with Crippen molar-refractivity contribution in [3.63, 3.8) is 0 Å². The van der Waals surface area contributed by atoms with E-state index >= 15 is 0 Å². The Balaban J connectivity index is 2.19. The summed E-state index contributed by atoms with van der Waals surface area (Å²) in [5.41, 5.74) is 1.24. The topological polar surface area (TPSA) is 61.3 Å². The van der Waals surface area contributed by atoms with E-state index in [0.717, 1.165) is 57.0 Å². The summed E-state index contributed by atoms with van der Waals surface area (Å²) in [7, 11) is 0. The Kier molecular flexibility index (Phi) is 5.59. The number of nitrogens with one attached hydrogen (secondary N) is 1. The Bertz CT molecular complexity index is 416. The van der Waals surface area contributed by atoms with Gasteiger partial charge in [0, 0.05) is 31.8 Å². The number of aromatic nitrogens is 2. The third-order valence-electron chi connectivity index (χ3n) is 3.94. The standard InChI is InChI=1S/C15H26N4O/c1-3-5-13-14(16-4-2)17-11-18-15(13)19-8-6-12(10-20)7-9-19/h11-12,20H,3-10H2,1-2H3,(H,16,17,18). The number of nitrogens with zero attached hydrogens (tertiary/aromatic N) is 3. The Hall–Kier alpha value is -1.36. The molecule has 0 radical (unpaired) electrons. The molecule has 1 aliphatic heterocycles. The first kappa shape index (κ1) is 15.0. The van der Waals surface area contributed by atoms with E-state index in [1.807, 2.05) is 0 Å². The molecule has 1 fully saturated rings. The van der Waals surface area contributed by atoms with Crippen LogP contribution in [0.5, 0.6) is 0 Å². The van der Waals surface area contributed by atoms with E-state index in [0.29, 0.717) is 12.5 Å². The SMILES string of the molecule is CCCc1c(NCC)ncnc1N1CCC(CO)CC1. The normalized spacial score (nSPS) is 16.4. The number of anilines is 2. The molecule has 5 nitrogen and oxygen atoms in total. The van der Waals surface area contributed by atoms with Crippen LogP contribution in [0.2, 0.25) is 0 Å². The van der Waals surface area contributed by atoms with Gasteiger partial charge >= 0.3 is 0 Å². The average molecular weight is 278 g/mol. The summed E-state index contributed by atoms with van der Waals surface area (Å²) >= 11 is 0. The van der Waals surface area contributed by atoms with Crippen LogP contribution in [-0.4, -0.2) is 41.3 Å². The minimum Gasteiger partial charge on any atom is -0.396 e. The van der Waals surface area contributed by atoms with Crippen LogP contribution < -0.4 is 10.2 Å². The smallest absolute Gasteiger partial charge is 0.137 e. The van der Waals surface area contributed by atoms with Gasteiger partial charge in [-0.05, 0) is 32.1 Å². The summed E-state index contributed by atoms with van der Waals surface area (Å²) in [4.78, 5) is 11.3. The van der Waals surface area contributed by atoms with E-state index in [1.165, 1.54) is 5.56 Å². The number of rotatable bonds is 6. The molecular formula is C15H26N4O.